The van der Waals surface area contributed by atoms with E-state index >= 15 is 0 Å². The highest BCUT2D eigenvalue weighted by atomic mass is 16.6. The third-order valence-corrected chi connectivity index (χ3v) is 4.00. The van der Waals surface area contributed by atoms with Gasteiger partial charge in [0.05, 0.1) is 31.4 Å². The molecule has 0 fully saturated rings. The molecule has 0 unspecified atom stereocenters. The van der Waals surface area contributed by atoms with Crippen molar-refractivity contribution >= 4 is 5.69 Å². The van der Waals surface area contributed by atoms with Crippen LogP contribution in [0.5, 0.6) is 11.5 Å². The smallest absolute Gasteiger partial charge is 0.269 e. The summed E-state index contributed by atoms with van der Waals surface area (Å²) >= 11 is 0. The maximum atomic E-state index is 12.2. The Bertz CT molecular complexity index is 1050. The van der Waals surface area contributed by atoms with Gasteiger partial charge in [-0.2, -0.15) is 5.10 Å². The maximum Gasteiger partial charge on any atom is 0.269 e. The molecule has 0 radical (unpaired) electrons. The summed E-state index contributed by atoms with van der Waals surface area (Å²) in [7, 11) is 3.10. The van der Waals surface area contributed by atoms with Gasteiger partial charge in [0.15, 0.2) is 0 Å². The zero-order chi connectivity index (χ0) is 19.4. The highest BCUT2D eigenvalue weighted by Gasteiger charge is 2.12. The van der Waals surface area contributed by atoms with E-state index in [1.807, 2.05) is 0 Å². The lowest BCUT2D eigenvalue weighted by Crippen LogP contribution is -2.22. The van der Waals surface area contributed by atoms with Crippen LogP contribution >= 0.6 is 0 Å². The Labute approximate surface area is 154 Å². The number of non-ortho nitro benzene ring substituents is 1. The number of nitro groups is 1. The van der Waals surface area contributed by atoms with E-state index in [1.54, 1.807) is 43.5 Å². The third kappa shape index (κ3) is 3.95. The molecule has 3 aromatic rings. The number of nitrogens with zero attached hydrogens (tertiary/aromatic N) is 3. The molecule has 138 valence electrons. The van der Waals surface area contributed by atoms with Gasteiger partial charge in [-0.1, -0.05) is 12.1 Å². The molecule has 0 amide bonds. The number of nitro benzene ring substituents is 1. The highest BCUT2D eigenvalue weighted by Crippen LogP contribution is 2.31. The van der Waals surface area contributed by atoms with Gasteiger partial charge in [0, 0.05) is 29.8 Å². The molecule has 8 heteroatoms. The van der Waals surface area contributed by atoms with Gasteiger partial charge in [-0.15, -0.1) is 0 Å². The van der Waals surface area contributed by atoms with E-state index in [0.717, 1.165) is 0 Å². The molecule has 0 saturated carbocycles. The minimum Gasteiger partial charge on any atom is -0.497 e. The van der Waals surface area contributed by atoms with Gasteiger partial charge in [-0.25, -0.2) is 4.68 Å². The van der Waals surface area contributed by atoms with E-state index < -0.39 is 4.92 Å². The number of ether oxygens (including phenoxy) is 2. The molecule has 0 saturated heterocycles. The molecule has 0 atom stereocenters. The van der Waals surface area contributed by atoms with Gasteiger partial charge in [-0.05, 0) is 23.8 Å². The zero-order valence-corrected chi connectivity index (χ0v) is 14.8. The first-order chi connectivity index (χ1) is 13.0. The van der Waals surface area contributed by atoms with Crippen molar-refractivity contribution in [2.75, 3.05) is 14.2 Å². The fraction of sp³-hybridized carbons (Fsp3) is 0.158. The summed E-state index contributed by atoms with van der Waals surface area (Å²) in [5, 5.41) is 15.3. The van der Waals surface area contributed by atoms with Gasteiger partial charge >= 0.3 is 0 Å². The van der Waals surface area contributed by atoms with Crippen LogP contribution in [0.1, 0.15) is 5.56 Å². The molecule has 1 aromatic heterocycles. The van der Waals surface area contributed by atoms with E-state index in [4.69, 9.17) is 9.47 Å². The molecule has 0 spiro atoms. The fourth-order valence-corrected chi connectivity index (χ4v) is 2.66. The lowest BCUT2D eigenvalue weighted by atomic mass is 10.1. The predicted octanol–water partition coefficient (Wildman–Crippen LogP) is 2.88. The lowest BCUT2D eigenvalue weighted by molar-refractivity contribution is -0.384. The monoisotopic (exact) mass is 367 g/mol. The first-order valence-electron chi connectivity index (χ1n) is 8.05. The van der Waals surface area contributed by atoms with Gasteiger partial charge in [-0.3, -0.25) is 14.9 Å². The number of hydrogen-bond acceptors (Lipinski definition) is 6. The molecule has 8 nitrogen and oxygen atoms in total. The third-order valence-electron chi connectivity index (χ3n) is 4.00. The van der Waals surface area contributed by atoms with E-state index in [1.165, 1.54) is 30.0 Å². The Morgan fingerprint density at radius 2 is 1.89 bits per heavy atom. The Morgan fingerprint density at radius 3 is 2.59 bits per heavy atom. The van der Waals surface area contributed by atoms with Crippen molar-refractivity contribution in [1.29, 1.82) is 0 Å². The summed E-state index contributed by atoms with van der Waals surface area (Å²) in [5.74, 6) is 1.20. The number of benzene rings is 2. The fourth-order valence-electron chi connectivity index (χ4n) is 2.66. The van der Waals surface area contributed by atoms with Crippen molar-refractivity contribution in [2.24, 2.45) is 0 Å². The molecular formula is C19H17N3O5. The standard InChI is InChI=1S/C19H17N3O5/c1-26-15-6-7-16(18(11-15)27-2)17-8-9-19(23)21(20-17)12-13-4-3-5-14(10-13)22(24)25/h3-11H,12H2,1-2H3. The molecule has 2 aromatic carbocycles. The molecule has 0 aliphatic carbocycles. The average molecular weight is 367 g/mol. The predicted molar refractivity (Wildman–Crippen MR) is 99.2 cm³/mol. The van der Waals surface area contributed by atoms with Crippen LogP contribution in [-0.4, -0.2) is 28.9 Å². The van der Waals surface area contributed by atoms with Gasteiger partial charge < -0.3 is 9.47 Å². The Kier molecular flexibility index (Phi) is 5.16. The Balaban J connectivity index is 1.99. The van der Waals surface area contributed by atoms with Gasteiger partial charge in [0.1, 0.15) is 11.5 Å². The summed E-state index contributed by atoms with van der Waals surface area (Å²) in [6, 6.07) is 14.4. The van der Waals surface area contributed by atoms with Crippen molar-refractivity contribution < 1.29 is 14.4 Å². The molecule has 1 heterocycles. The summed E-state index contributed by atoms with van der Waals surface area (Å²) in [6.45, 7) is 0.118. The Morgan fingerprint density at radius 1 is 1.07 bits per heavy atom. The van der Waals surface area contributed by atoms with Crippen LogP contribution in [0.4, 0.5) is 5.69 Å². The summed E-state index contributed by atoms with van der Waals surface area (Å²) in [6.07, 6.45) is 0. The molecule has 0 aliphatic rings. The van der Waals surface area contributed by atoms with Crippen LogP contribution in [0.2, 0.25) is 0 Å². The minimum absolute atomic E-state index is 0.0338. The SMILES string of the molecule is COc1ccc(-c2ccc(=O)n(Cc3cccc([N+](=O)[O-])c3)n2)c(OC)c1. The number of rotatable bonds is 6. The molecule has 27 heavy (non-hydrogen) atoms. The van der Waals surface area contributed by atoms with E-state index in [-0.39, 0.29) is 17.8 Å². The number of methoxy groups -OCH3 is 2. The average Bonchev–Trinajstić information content (AvgIpc) is 2.69. The first-order valence-corrected chi connectivity index (χ1v) is 8.05. The number of aromatic nitrogens is 2. The van der Waals surface area contributed by atoms with Crippen LogP contribution < -0.4 is 15.0 Å². The molecule has 3 rings (SSSR count). The molecular weight excluding hydrogens is 350 g/mol. The summed E-state index contributed by atoms with van der Waals surface area (Å²) in [4.78, 5) is 22.7. The second-order valence-electron chi connectivity index (χ2n) is 5.71. The highest BCUT2D eigenvalue weighted by molar-refractivity contribution is 5.68. The van der Waals surface area contributed by atoms with Gasteiger partial charge in [0.25, 0.3) is 11.2 Å². The van der Waals surface area contributed by atoms with Crippen LogP contribution in [0, 0.1) is 10.1 Å². The topological polar surface area (TPSA) is 96.5 Å². The van der Waals surface area contributed by atoms with Crippen molar-refractivity contribution in [2.45, 2.75) is 6.54 Å². The van der Waals surface area contributed by atoms with Crippen LogP contribution in [0.25, 0.3) is 11.3 Å². The number of hydrogen-bond donors (Lipinski definition) is 0. The Hall–Kier alpha value is -3.68. The van der Waals surface area contributed by atoms with Crippen LogP contribution in [0.15, 0.2) is 59.4 Å². The van der Waals surface area contributed by atoms with E-state index in [9.17, 15) is 14.9 Å². The lowest BCUT2D eigenvalue weighted by Gasteiger charge is -2.11. The van der Waals surface area contributed by atoms with Crippen LogP contribution in [0.3, 0.4) is 0 Å². The van der Waals surface area contributed by atoms with Crippen molar-refractivity contribution in [3.05, 3.63) is 80.6 Å². The summed E-state index contributed by atoms with van der Waals surface area (Å²) in [5.41, 5.74) is 1.51. The zero-order valence-electron chi connectivity index (χ0n) is 14.8. The quantitative estimate of drug-likeness (QED) is 0.491. The largest absolute Gasteiger partial charge is 0.497 e. The van der Waals surface area contributed by atoms with Crippen molar-refractivity contribution in [3.63, 3.8) is 0 Å². The van der Waals surface area contributed by atoms with E-state index in [0.29, 0.717) is 28.3 Å². The molecule has 0 bridgehead atoms. The minimum atomic E-state index is -0.474. The normalized spacial score (nSPS) is 10.4. The maximum absolute atomic E-state index is 12.2. The second kappa shape index (κ2) is 7.69. The molecule has 0 aliphatic heterocycles. The van der Waals surface area contributed by atoms with Gasteiger partial charge in [0.2, 0.25) is 0 Å². The van der Waals surface area contributed by atoms with E-state index in [2.05, 4.69) is 5.10 Å². The van der Waals surface area contributed by atoms with Crippen LogP contribution in [-0.2, 0) is 6.54 Å². The van der Waals surface area contributed by atoms with Crippen molar-refractivity contribution in [3.8, 4) is 22.8 Å². The second-order valence-corrected chi connectivity index (χ2v) is 5.71. The molecule has 0 N–H and O–H groups in total. The first kappa shape index (κ1) is 18.1. The summed E-state index contributed by atoms with van der Waals surface area (Å²) < 4.78 is 11.8. The van der Waals surface area contributed by atoms with Crippen molar-refractivity contribution in [1.82, 2.24) is 9.78 Å².